The van der Waals surface area contributed by atoms with Crippen LogP contribution in [0.5, 0.6) is 0 Å². The number of nitrogens with zero attached hydrogens (tertiary/aromatic N) is 2. The van der Waals surface area contributed by atoms with Crippen LogP contribution in [0.15, 0.2) is 48.7 Å². The van der Waals surface area contributed by atoms with Crippen LogP contribution >= 0.6 is 0 Å². The Labute approximate surface area is 146 Å². The van der Waals surface area contributed by atoms with Crippen LogP contribution in [-0.2, 0) is 17.6 Å². The average molecular weight is 332 g/mol. The van der Waals surface area contributed by atoms with Gasteiger partial charge in [-0.3, -0.25) is 9.89 Å². The minimum atomic E-state index is 0.137. The monoisotopic (exact) mass is 332 g/mol. The van der Waals surface area contributed by atoms with Gasteiger partial charge in [0.1, 0.15) is 0 Å². The molecule has 0 aliphatic carbocycles. The van der Waals surface area contributed by atoms with Crippen molar-refractivity contribution >= 4 is 17.3 Å². The van der Waals surface area contributed by atoms with Crippen LogP contribution in [0, 0.1) is 6.92 Å². The van der Waals surface area contributed by atoms with Crippen LogP contribution in [0.25, 0.3) is 11.3 Å². The zero-order chi connectivity index (χ0) is 17.4. The molecule has 0 radical (unpaired) electrons. The van der Waals surface area contributed by atoms with Crippen molar-refractivity contribution in [2.45, 2.75) is 19.8 Å². The standard InChI is InChI=1S/C20H20N4O/c1-13-3-2-4-14(9-13)10-19(25)24-8-7-15-11-16(5-6-18(15)24)20-17(21)12-22-23-20/h2-6,9,11-12H,7-8,10,21H2,1H3,(H,22,23). The number of carbonyl (C=O) groups excluding carboxylic acids is 1. The first-order chi connectivity index (χ1) is 12.1. The van der Waals surface area contributed by atoms with E-state index in [4.69, 9.17) is 5.73 Å². The summed E-state index contributed by atoms with van der Waals surface area (Å²) in [4.78, 5) is 14.6. The van der Waals surface area contributed by atoms with E-state index in [-0.39, 0.29) is 5.91 Å². The fourth-order valence-corrected chi connectivity index (χ4v) is 3.44. The Kier molecular flexibility index (Phi) is 3.76. The van der Waals surface area contributed by atoms with Gasteiger partial charge in [-0.2, -0.15) is 5.10 Å². The molecule has 0 saturated heterocycles. The number of aromatic nitrogens is 2. The zero-order valence-corrected chi connectivity index (χ0v) is 14.1. The topological polar surface area (TPSA) is 75.0 Å². The smallest absolute Gasteiger partial charge is 0.231 e. The van der Waals surface area contributed by atoms with Crippen LogP contribution in [0.1, 0.15) is 16.7 Å². The molecule has 0 spiro atoms. The normalized spacial score (nSPS) is 13.1. The molecule has 1 aliphatic heterocycles. The Morgan fingerprint density at radius 1 is 1.28 bits per heavy atom. The number of aromatic amines is 1. The minimum absolute atomic E-state index is 0.137. The van der Waals surface area contributed by atoms with Gasteiger partial charge in [-0.05, 0) is 36.6 Å². The number of nitrogen functional groups attached to an aromatic ring is 1. The number of nitrogens with two attached hydrogens (primary N) is 1. The quantitative estimate of drug-likeness (QED) is 0.774. The largest absolute Gasteiger partial charge is 0.396 e. The molecular weight excluding hydrogens is 312 g/mol. The van der Waals surface area contributed by atoms with Gasteiger partial charge in [-0.25, -0.2) is 0 Å². The van der Waals surface area contributed by atoms with E-state index >= 15 is 0 Å². The molecule has 0 atom stereocenters. The highest BCUT2D eigenvalue weighted by Crippen LogP contribution is 2.33. The summed E-state index contributed by atoms with van der Waals surface area (Å²) < 4.78 is 0. The molecule has 0 saturated carbocycles. The van der Waals surface area contributed by atoms with Crippen molar-refractivity contribution in [2.24, 2.45) is 0 Å². The van der Waals surface area contributed by atoms with Gasteiger partial charge in [0.15, 0.2) is 0 Å². The molecular formula is C20H20N4O. The Hall–Kier alpha value is -3.08. The Balaban J connectivity index is 1.57. The third-order valence-electron chi connectivity index (χ3n) is 4.67. The second-order valence-corrected chi connectivity index (χ2v) is 6.51. The molecule has 1 aliphatic rings. The third kappa shape index (κ3) is 2.89. The highest BCUT2D eigenvalue weighted by molar-refractivity contribution is 5.97. The van der Waals surface area contributed by atoms with E-state index in [0.717, 1.165) is 35.5 Å². The van der Waals surface area contributed by atoms with Gasteiger partial charge in [0, 0.05) is 17.8 Å². The zero-order valence-electron chi connectivity index (χ0n) is 14.1. The summed E-state index contributed by atoms with van der Waals surface area (Å²) in [6.07, 6.45) is 2.90. The summed E-state index contributed by atoms with van der Waals surface area (Å²) >= 11 is 0. The van der Waals surface area contributed by atoms with Crippen LogP contribution in [0.4, 0.5) is 11.4 Å². The molecule has 3 N–H and O–H groups in total. The summed E-state index contributed by atoms with van der Waals surface area (Å²) in [6, 6.07) is 14.2. The number of carbonyl (C=O) groups is 1. The predicted molar refractivity (Wildman–Crippen MR) is 99.4 cm³/mol. The molecule has 126 valence electrons. The fourth-order valence-electron chi connectivity index (χ4n) is 3.44. The van der Waals surface area contributed by atoms with Gasteiger partial charge in [0.2, 0.25) is 5.91 Å². The van der Waals surface area contributed by atoms with Gasteiger partial charge in [-0.15, -0.1) is 0 Å². The van der Waals surface area contributed by atoms with E-state index in [1.807, 2.05) is 42.2 Å². The molecule has 5 nitrogen and oxygen atoms in total. The lowest BCUT2D eigenvalue weighted by Gasteiger charge is -2.18. The van der Waals surface area contributed by atoms with E-state index in [0.29, 0.717) is 12.1 Å². The Bertz CT molecular complexity index is 944. The number of benzene rings is 2. The van der Waals surface area contributed by atoms with Crippen molar-refractivity contribution < 1.29 is 4.79 Å². The number of hydrogen-bond acceptors (Lipinski definition) is 3. The van der Waals surface area contributed by atoms with Gasteiger partial charge in [-0.1, -0.05) is 35.9 Å². The first-order valence-corrected chi connectivity index (χ1v) is 8.40. The summed E-state index contributed by atoms with van der Waals surface area (Å²) in [5.74, 6) is 0.137. The molecule has 3 aromatic rings. The molecule has 1 amide bonds. The van der Waals surface area contributed by atoms with Crippen LogP contribution in [0.3, 0.4) is 0 Å². The highest BCUT2D eigenvalue weighted by Gasteiger charge is 2.25. The molecule has 5 heteroatoms. The van der Waals surface area contributed by atoms with Crippen molar-refractivity contribution in [3.05, 3.63) is 65.4 Å². The molecule has 0 unspecified atom stereocenters. The van der Waals surface area contributed by atoms with E-state index in [1.165, 1.54) is 11.1 Å². The molecule has 0 bridgehead atoms. The maximum Gasteiger partial charge on any atom is 0.231 e. The molecule has 2 aromatic carbocycles. The number of amides is 1. The number of nitrogens with one attached hydrogen (secondary N) is 1. The third-order valence-corrected chi connectivity index (χ3v) is 4.67. The molecule has 0 fully saturated rings. The predicted octanol–water partition coefficient (Wildman–Crippen LogP) is 3.10. The number of hydrogen-bond donors (Lipinski definition) is 2. The average Bonchev–Trinajstić information content (AvgIpc) is 3.20. The highest BCUT2D eigenvalue weighted by atomic mass is 16.2. The lowest BCUT2D eigenvalue weighted by molar-refractivity contribution is -0.117. The number of aryl methyl sites for hydroxylation is 1. The van der Waals surface area contributed by atoms with Gasteiger partial charge >= 0.3 is 0 Å². The SMILES string of the molecule is Cc1cccc(CC(=O)N2CCc3cc(-c4[nH]ncc4N)ccc32)c1. The summed E-state index contributed by atoms with van der Waals surface area (Å²) in [6.45, 7) is 2.77. The lowest BCUT2D eigenvalue weighted by Crippen LogP contribution is -2.30. The fraction of sp³-hybridized carbons (Fsp3) is 0.200. The van der Waals surface area contributed by atoms with Crippen molar-refractivity contribution in [2.75, 3.05) is 17.2 Å². The van der Waals surface area contributed by atoms with E-state index in [2.05, 4.69) is 22.3 Å². The Morgan fingerprint density at radius 2 is 2.16 bits per heavy atom. The van der Waals surface area contributed by atoms with Crippen molar-refractivity contribution in [1.29, 1.82) is 0 Å². The first kappa shape index (κ1) is 15.4. The number of rotatable bonds is 3. The van der Waals surface area contributed by atoms with Gasteiger partial charge in [0.25, 0.3) is 0 Å². The van der Waals surface area contributed by atoms with E-state index in [1.54, 1.807) is 6.20 Å². The molecule has 4 rings (SSSR count). The van der Waals surface area contributed by atoms with Crippen molar-refractivity contribution in [3.8, 4) is 11.3 Å². The molecule has 2 heterocycles. The second kappa shape index (κ2) is 6.09. The van der Waals surface area contributed by atoms with Crippen LogP contribution in [0.2, 0.25) is 0 Å². The second-order valence-electron chi connectivity index (χ2n) is 6.51. The van der Waals surface area contributed by atoms with Crippen LogP contribution in [-0.4, -0.2) is 22.6 Å². The number of H-pyrrole nitrogens is 1. The Morgan fingerprint density at radius 3 is 2.92 bits per heavy atom. The number of fused-ring (bicyclic) bond motifs is 1. The van der Waals surface area contributed by atoms with E-state index < -0.39 is 0 Å². The van der Waals surface area contributed by atoms with Crippen LogP contribution < -0.4 is 10.6 Å². The van der Waals surface area contributed by atoms with Gasteiger partial charge < -0.3 is 10.6 Å². The lowest BCUT2D eigenvalue weighted by atomic mass is 10.1. The number of anilines is 2. The van der Waals surface area contributed by atoms with Gasteiger partial charge in [0.05, 0.1) is 24.0 Å². The summed E-state index contributed by atoms with van der Waals surface area (Å²) in [7, 11) is 0. The summed E-state index contributed by atoms with van der Waals surface area (Å²) in [5.41, 5.74) is 12.8. The minimum Gasteiger partial charge on any atom is -0.396 e. The summed E-state index contributed by atoms with van der Waals surface area (Å²) in [5, 5.41) is 6.90. The first-order valence-electron chi connectivity index (χ1n) is 8.40. The maximum absolute atomic E-state index is 12.7. The molecule has 1 aromatic heterocycles. The maximum atomic E-state index is 12.7. The van der Waals surface area contributed by atoms with E-state index in [9.17, 15) is 4.79 Å². The van der Waals surface area contributed by atoms with Crippen molar-refractivity contribution in [3.63, 3.8) is 0 Å². The molecule has 25 heavy (non-hydrogen) atoms. The van der Waals surface area contributed by atoms with Crippen molar-refractivity contribution in [1.82, 2.24) is 10.2 Å².